The second-order valence-electron chi connectivity index (χ2n) is 13.8. The molecule has 9 N–H and O–H groups in total. The Balaban J connectivity index is 1.28. The van der Waals surface area contributed by atoms with E-state index in [-0.39, 0.29) is 50.1 Å². The molecule has 1 aromatic rings. The van der Waals surface area contributed by atoms with Gasteiger partial charge >= 0.3 is 12.1 Å². The number of amides is 3. The predicted molar refractivity (Wildman–Crippen MR) is 181 cm³/mol. The molecule has 16 nitrogen and oxygen atoms in total. The first-order chi connectivity index (χ1) is 23.8. The number of fused-ring (bicyclic) bond motifs is 1. The molecule has 2 saturated heterocycles. The maximum absolute atomic E-state index is 13.8. The summed E-state index contributed by atoms with van der Waals surface area (Å²) in [4.78, 5) is 54.0. The Kier molecular flexibility index (Phi) is 11.1. The van der Waals surface area contributed by atoms with Crippen LogP contribution >= 0.6 is 0 Å². The number of phenolic OH excluding ortho intramolecular Hbond substituents is 1. The summed E-state index contributed by atoms with van der Waals surface area (Å²) in [6, 6.07) is 2.05. The highest BCUT2D eigenvalue weighted by Crippen LogP contribution is 2.60. The van der Waals surface area contributed by atoms with Gasteiger partial charge in [-0.3, -0.25) is 19.8 Å². The van der Waals surface area contributed by atoms with Gasteiger partial charge in [0, 0.05) is 49.5 Å². The van der Waals surface area contributed by atoms with E-state index in [0.29, 0.717) is 55.8 Å². The Morgan fingerprint density at radius 1 is 1.18 bits per heavy atom. The number of carbonyl (C=O) groups is 4. The third-order valence-electron chi connectivity index (χ3n) is 10.8. The van der Waals surface area contributed by atoms with Crippen LogP contribution in [0, 0.1) is 5.41 Å². The molecule has 16 heteroatoms. The molecule has 5 rings (SSSR count). The van der Waals surface area contributed by atoms with Crippen molar-refractivity contribution in [3.63, 3.8) is 0 Å². The molecule has 2 fully saturated rings. The zero-order valence-electron chi connectivity index (χ0n) is 28.6. The fraction of sp³-hybridized carbons (Fsp3) is 0.618. The van der Waals surface area contributed by atoms with Crippen molar-refractivity contribution in [1.29, 1.82) is 5.41 Å². The van der Waals surface area contributed by atoms with Crippen molar-refractivity contribution in [2.24, 2.45) is 5.73 Å². The average molecular weight is 700 g/mol. The van der Waals surface area contributed by atoms with E-state index < -0.39 is 53.4 Å². The molecule has 1 aromatic carbocycles. The number of phenols is 1. The lowest BCUT2D eigenvalue weighted by atomic mass is 9.50. The molecular weight excluding hydrogens is 650 g/mol. The van der Waals surface area contributed by atoms with Gasteiger partial charge in [0.05, 0.1) is 18.8 Å². The quantitative estimate of drug-likeness (QED) is 0.0649. The molecular formula is C34H49N7O9. The molecule has 0 spiro atoms. The zero-order valence-corrected chi connectivity index (χ0v) is 28.6. The molecule has 2 bridgehead atoms. The van der Waals surface area contributed by atoms with Gasteiger partial charge in [-0.05, 0) is 76.2 Å². The summed E-state index contributed by atoms with van der Waals surface area (Å²) in [5.41, 5.74) is 4.77. The van der Waals surface area contributed by atoms with Crippen molar-refractivity contribution in [2.45, 2.75) is 93.3 Å². The Labute approximate surface area is 290 Å². The monoisotopic (exact) mass is 699 g/mol. The minimum Gasteiger partial charge on any atom is -0.504 e. The molecule has 4 aliphatic rings. The second-order valence-corrected chi connectivity index (χ2v) is 13.8. The lowest BCUT2D eigenvalue weighted by molar-refractivity contribution is -0.146. The van der Waals surface area contributed by atoms with Crippen molar-refractivity contribution < 1.29 is 44.0 Å². The van der Waals surface area contributed by atoms with Gasteiger partial charge < -0.3 is 56.3 Å². The number of aliphatic hydroxyl groups is 1. The maximum atomic E-state index is 13.8. The fourth-order valence-corrected chi connectivity index (χ4v) is 8.30. The number of ether oxygens (including phenoxy) is 2. The van der Waals surface area contributed by atoms with Gasteiger partial charge in [-0.15, -0.1) is 0 Å². The zero-order chi connectivity index (χ0) is 36.2. The number of aromatic hydroxyl groups is 1. The number of methoxy groups -OCH3 is 1. The maximum Gasteiger partial charge on any atom is 0.415 e. The lowest BCUT2D eigenvalue weighted by Gasteiger charge is -2.62. The molecule has 0 saturated carbocycles. The van der Waals surface area contributed by atoms with E-state index >= 15 is 0 Å². The largest absolute Gasteiger partial charge is 0.504 e. The molecule has 50 heavy (non-hydrogen) atoms. The van der Waals surface area contributed by atoms with E-state index in [9.17, 15) is 29.4 Å². The summed E-state index contributed by atoms with van der Waals surface area (Å²) in [7, 11) is 3.48. The number of piperidine rings is 2. The normalized spacial score (nSPS) is 26.3. The summed E-state index contributed by atoms with van der Waals surface area (Å²) in [5, 5.41) is 48.0. The highest BCUT2D eigenvalue weighted by molar-refractivity contribution is 5.96. The van der Waals surface area contributed by atoms with Gasteiger partial charge in [0.15, 0.2) is 17.5 Å². The first-order valence-electron chi connectivity index (χ1n) is 17.2. The summed E-state index contributed by atoms with van der Waals surface area (Å²) < 4.78 is 11.5. The number of allylic oxidation sites excluding steroid dienone is 1. The number of carbonyl (C=O) groups excluding carboxylic acids is 3. The number of guanidine groups is 1. The number of rotatable bonds is 12. The molecule has 5 atom stereocenters. The number of likely N-dealkylation sites (tertiary alicyclic amines) is 2. The highest BCUT2D eigenvalue weighted by Gasteiger charge is 2.64. The number of nitrogens with two attached hydrogens (primary N) is 1. The minimum atomic E-state index is -1.33. The molecule has 2 heterocycles. The van der Waals surface area contributed by atoms with Crippen molar-refractivity contribution in [3.05, 3.63) is 35.1 Å². The summed E-state index contributed by atoms with van der Waals surface area (Å²) in [5.74, 6) is -2.17. The Hall–Kier alpha value is -4.57. The van der Waals surface area contributed by atoms with Crippen LogP contribution in [-0.2, 0) is 31.0 Å². The Bertz CT molecular complexity index is 1540. The van der Waals surface area contributed by atoms with Crippen LogP contribution < -0.4 is 26.4 Å². The second kappa shape index (κ2) is 15.1. The first kappa shape index (κ1) is 36.7. The molecule has 2 aliphatic carbocycles. The van der Waals surface area contributed by atoms with Crippen LogP contribution in [0.15, 0.2) is 24.0 Å². The Morgan fingerprint density at radius 3 is 2.68 bits per heavy atom. The lowest BCUT2D eigenvalue weighted by Crippen LogP contribution is -2.71. The molecule has 3 unspecified atom stereocenters. The van der Waals surface area contributed by atoms with Gasteiger partial charge in [-0.25, -0.2) is 4.79 Å². The summed E-state index contributed by atoms with van der Waals surface area (Å²) >= 11 is 0. The van der Waals surface area contributed by atoms with Gasteiger partial charge in [-0.2, -0.15) is 0 Å². The van der Waals surface area contributed by atoms with Crippen LogP contribution in [-0.4, -0.2) is 119 Å². The van der Waals surface area contributed by atoms with Gasteiger partial charge in [-0.1, -0.05) is 6.07 Å². The van der Waals surface area contributed by atoms with Gasteiger partial charge in [0.25, 0.3) is 0 Å². The van der Waals surface area contributed by atoms with Gasteiger partial charge in [0.2, 0.25) is 11.8 Å². The number of carboxylic acid groups (broad SMARTS) is 1. The predicted octanol–water partition coefficient (Wildman–Crippen LogP) is 0.638. The SMILES string of the molecule is COc1ccc2c(c1O)[C@]13CCN(C)[C@H](C2)C1(O)CC=C(OC(=O)N1CCCCC1CNC(=O)C(CCCNC(=N)N)NC(=O)CC(=O)O)C3. The van der Waals surface area contributed by atoms with Crippen LogP contribution in [0.4, 0.5) is 4.79 Å². The molecule has 274 valence electrons. The molecule has 3 amide bonds. The van der Waals surface area contributed by atoms with Crippen molar-refractivity contribution in [3.8, 4) is 11.5 Å². The van der Waals surface area contributed by atoms with Crippen LogP contribution in [0.3, 0.4) is 0 Å². The van der Waals surface area contributed by atoms with E-state index in [2.05, 4.69) is 20.9 Å². The van der Waals surface area contributed by atoms with Crippen molar-refractivity contribution in [1.82, 2.24) is 25.8 Å². The number of aliphatic carboxylic acids is 1. The number of nitrogens with one attached hydrogen (secondary N) is 4. The number of hydrogen-bond acceptors (Lipinski definition) is 10. The molecule has 0 aromatic heterocycles. The van der Waals surface area contributed by atoms with Crippen LogP contribution in [0.1, 0.15) is 68.9 Å². The smallest absolute Gasteiger partial charge is 0.415 e. The fourth-order valence-electron chi connectivity index (χ4n) is 8.30. The number of carboxylic acids is 1. The van der Waals surface area contributed by atoms with E-state index in [1.54, 1.807) is 17.0 Å². The minimum absolute atomic E-state index is 0.00147. The average Bonchev–Trinajstić information content (AvgIpc) is 3.06. The standard InChI is InChI=1S/C34H49N7O9/c1-40-15-12-33-18-22(10-11-34(33,48)25(40)16-20-8-9-24(49-2)29(45)28(20)33)50-32(47)41-14-4-3-6-21(41)19-38-30(46)23(7-5-13-37-31(35)36)39-26(42)17-27(43)44/h8-10,21,23,25,45,48H,3-7,11-19H2,1-2H3,(H,38,46)(H,39,42)(H,43,44)(H4,35,36,37)/t21?,23?,25-,33-,34?/m1/s1. The highest BCUT2D eigenvalue weighted by atomic mass is 16.6. The van der Waals surface area contributed by atoms with Crippen LogP contribution in [0.25, 0.3) is 0 Å². The van der Waals surface area contributed by atoms with E-state index in [1.165, 1.54) is 7.11 Å². The number of benzene rings is 1. The first-order valence-corrected chi connectivity index (χ1v) is 17.2. The number of likely N-dealkylation sites (N-methyl/N-ethyl adjacent to an activating group) is 1. The van der Waals surface area contributed by atoms with Crippen LogP contribution in [0.2, 0.25) is 0 Å². The van der Waals surface area contributed by atoms with Crippen molar-refractivity contribution >= 4 is 29.8 Å². The summed E-state index contributed by atoms with van der Waals surface area (Å²) in [6.45, 7) is 1.46. The van der Waals surface area contributed by atoms with E-state index in [0.717, 1.165) is 18.4 Å². The number of nitrogens with zero attached hydrogens (tertiary/aromatic N) is 2. The molecule has 2 aliphatic heterocycles. The third-order valence-corrected chi connectivity index (χ3v) is 10.8. The van der Waals surface area contributed by atoms with E-state index in [4.69, 9.17) is 25.7 Å². The topological polar surface area (TPSA) is 240 Å². The van der Waals surface area contributed by atoms with Gasteiger partial charge in [0.1, 0.15) is 18.2 Å². The summed E-state index contributed by atoms with van der Waals surface area (Å²) in [6.07, 6.45) is 4.65. The third kappa shape index (κ3) is 7.31. The van der Waals surface area contributed by atoms with Crippen LogP contribution in [0.5, 0.6) is 11.5 Å². The number of hydrogen-bond donors (Lipinski definition) is 8. The van der Waals surface area contributed by atoms with Crippen molar-refractivity contribution in [2.75, 3.05) is 40.3 Å². The molecule has 0 radical (unpaired) electrons. The van der Waals surface area contributed by atoms with E-state index in [1.807, 2.05) is 13.1 Å². The Morgan fingerprint density at radius 2 is 1.96 bits per heavy atom.